The first-order valence-electron chi connectivity index (χ1n) is 7.23. The van der Waals surface area contributed by atoms with Crippen molar-refractivity contribution < 1.29 is 9.59 Å². The maximum atomic E-state index is 12.3. The van der Waals surface area contributed by atoms with Gasteiger partial charge in [-0.1, -0.05) is 24.9 Å². The normalized spacial score (nSPS) is 10.5. The van der Waals surface area contributed by atoms with E-state index in [0.29, 0.717) is 22.5 Å². The summed E-state index contributed by atoms with van der Waals surface area (Å²) in [5.41, 5.74) is 0.104. The summed E-state index contributed by atoms with van der Waals surface area (Å²) in [4.78, 5) is 39.7. The zero-order chi connectivity index (χ0) is 16.8. The van der Waals surface area contributed by atoms with Gasteiger partial charge >= 0.3 is 6.03 Å². The maximum absolute atomic E-state index is 12.3. The number of urea groups is 1. The highest BCUT2D eigenvalue weighted by Gasteiger charge is 2.11. The van der Waals surface area contributed by atoms with Crippen molar-refractivity contribution in [1.29, 1.82) is 0 Å². The number of unbranched alkanes of at least 4 members (excludes halogenated alkanes) is 1. The van der Waals surface area contributed by atoms with E-state index in [4.69, 9.17) is 11.6 Å². The molecule has 1 aromatic carbocycles. The average molecular weight is 337 g/mol. The van der Waals surface area contributed by atoms with E-state index in [1.807, 2.05) is 6.92 Å². The van der Waals surface area contributed by atoms with Crippen LogP contribution < -0.4 is 16.2 Å². The standard InChI is InChI=1S/C15H17ClN4O3/c1-2-3-6-17-15(23)19-13(21)8-20-9-18-12-5-4-10(16)7-11(12)14(20)22/h4-5,7,9H,2-3,6,8H2,1H3,(H2,17,19,21,23). The van der Waals surface area contributed by atoms with Gasteiger partial charge in [0.1, 0.15) is 6.54 Å². The Kier molecular flexibility index (Phi) is 5.70. The molecule has 0 saturated carbocycles. The highest BCUT2D eigenvalue weighted by atomic mass is 35.5. The van der Waals surface area contributed by atoms with Crippen molar-refractivity contribution in [2.45, 2.75) is 26.3 Å². The highest BCUT2D eigenvalue weighted by Crippen LogP contribution is 2.13. The van der Waals surface area contributed by atoms with Crippen molar-refractivity contribution in [3.05, 3.63) is 39.9 Å². The first-order valence-corrected chi connectivity index (χ1v) is 7.61. The molecular weight excluding hydrogens is 320 g/mol. The van der Waals surface area contributed by atoms with Crippen LogP contribution in [-0.2, 0) is 11.3 Å². The van der Waals surface area contributed by atoms with E-state index in [2.05, 4.69) is 15.6 Å². The van der Waals surface area contributed by atoms with Gasteiger partial charge in [0.05, 0.1) is 17.2 Å². The number of hydrogen-bond donors (Lipinski definition) is 2. The first kappa shape index (κ1) is 17.0. The fourth-order valence-corrected chi connectivity index (χ4v) is 2.16. The lowest BCUT2D eigenvalue weighted by Crippen LogP contribution is -2.42. The number of benzene rings is 1. The van der Waals surface area contributed by atoms with Gasteiger partial charge in [0.15, 0.2) is 0 Å². The van der Waals surface area contributed by atoms with E-state index in [9.17, 15) is 14.4 Å². The molecule has 0 aliphatic rings. The predicted octanol–water partition coefficient (Wildman–Crippen LogP) is 1.68. The molecule has 0 bridgehead atoms. The SMILES string of the molecule is CCCCNC(=O)NC(=O)Cn1cnc2ccc(Cl)cc2c1=O. The number of halogens is 1. The molecule has 23 heavy (non-hydrogen) atoms. The number of fused-ring (bicyclic) bond motifs is 1. The summed E-state index contributed by atoms with van der Waals surface area (Å²) >= 11 is 5.87. The lowest BCUT2D eigenvalue weighted by atomic mass is 10.2. The van der Waals surface area contributed by atoms with Crippen LogP contribution >= 0.6 is 11.6 Å². The minimum atomic E-state index is -0.593. The lowest BCUT2D eigenvalue weighted by molar-refractivity contribution is -0.120. The van der Waals surface area contributed by atoms with Gasteiger partial charge < -0.3 is 5.32 Å². The third kappa shape index (κ3) is 4.53. The first-order chi connectivity index (χ1) is 11.0. The quantitative estimate of drug-likeness (QED) is 0.812. The highest BCUT2D eigenvalue weighted by molar-refractivity contribution is 6.31. The zero-order valence-electron chi connectivity index (χ0n) is 12.6. The topological polar surface area (TPSA) is 93.1 Å². The number of hydrogen-bond acceptors (Lipinski definition) is 4. The van der Waals surface area contributed by atoms with Gasteiger partial charge in [0.2, 0.25) is 5.91 Å². The lowest BCUT2D eigenvalue weighted by Gasteiger charge is -2.08. The summed E-state index contributed by atoms with van der Waals surface area (Å²) in [5.74, 6) is -0.593. The Morgan fingerprint density at radius 2 is 2.13 bits per heavy atom. The Bertz CT molecular complexity index is 788. The summed E-state index contributed by atoms with van der Waals surface area (Å²) in [6, 6.07) is 4.19. The number of carbonyl (C=O) groups excluding carboxylic acids is 2. The van der Waals surface area contributed by atoms with Crippen LogP contribution in [0, 0.1) is 0 Å². The van der Waals surface area contributed by atoms with Crippen LogP contribution in [0.2, 0.25) is 5.02 Å². The van der Waals surface area contributed by atoms with Crippen molar-refractivity contribution in [3.63, 3.8) is 0 Å². The molecule has 2 aromatic rings. The minimum absolute atomic E-state index is 0.296. The van der Waals surface area contributed by atoms with Gasteiger partial charge in [-0.05, 0) is 24.6 Å². The molecule has 0 spiro atoms. The van der Waals surface area contributed by atoms with E-state index < -0.39 is 11.9 Å². The summed E-state index contributed by atoms with van der Waals surface area (Å²) < 4.78 is 1.13. The van der Waals surface area contributed by atoms with Gasteiger partial charge in [-0.25, -0.2) is 9.78 Å². The Hall–Kier alpha value is -2.41. The maximum Gasteiger partial charge on any atom is 0.321 e. The molecule has 8 heteroatoms. The fourth-order valence-electron chi connectivity index (χ4n) is 1.99. The summed E-state index contributed by atoms with van der Waals surface area (Å²) in [7, 11) is 0. The monoisotopic (exact) mass is 336 g/mol. The summed E-state index contributed by atoms with van der Waals surface area (Å²) in [5, 5.41) is 5.46. The Balaban J connectivity index is 2.06. The van der Waals surface area contributed by atoms with Gasteiger partial charge in [0, 0.05) is 11.6 Å². The molecule has 0 atom stereocenters. The number of aromatic nitrogens is 2. The molecule has 1 heterocycles. The molecule has 122 valence electrons. The van der Waals surface area contributed by atoms with Crippen molar-refractivity contribution in [2.24, 2.45) is 0 Å². The zero-order valence-corrected chi connectivity index (χ0v) is 13.4. The Labute approximate surface area is 137 Å². The van der Waals surface area contributed by atoms with Crippen LogP contribution in [0.25, 0.3) is 10.9 Å². The molecule has 0 fully saturated rings. The van der Waals surface area contributed by atoms with Gasteiger partial charge in [-0.15, -0.1) is 0 Å². The summed E-state index contributed by atoms with van der Waals surface area (Å²) in [6.45, 7) is 2.19. The van der Waals surface area contributed by atoms with E-state index in [0.717, 1.165) is 17.4 Å². The Morgan fingerprint density at radius 1 is 1.35 bits per heavy atom. The fraction of sp³-hybridized carbons (Fsp3) is 0.333. The van der Waals surface area contributed by atoms with E-state index in [1.54, 1.807) is 12.1 Å². The number of imide groups is 1. The average Bonchev–Trinajstić information content (AvgIpc) is 2.51. The van der Waals surface area contributed by atoms with E-state index >= 15 is 0 Å². The second kappa shape index (κ2) is 7.73. The summed E-state index contributed by atoms with van der Waals surface area (Å²) in [6.07, 6.45) is 3.04. The second-order valence-corrected chi connectivity index (χ2v) is 5.43. The van der Waals surface area contributed by atoms with E-state index in [-0.39, 0.29) is 12.1 Å². The van der Waals surface area contributed by atoms with Crippen molar-refractivity contribution in [3.8, 4) is 0 Å². The van der Waals surface area contributed by atoms with Crippen LogP contribution in [0.15, 0.2) is 29.3 Å². The van der Waals surface area contributed by atoms with Gasteiger partial charge in [0.25, 0.3) is 5.56 Å². The van der Waals surface area contributed by atoms with Crippen LogP contribution in [0.5, 0.6) is 0 Å². The van der Waals surface area contributed by atoms with Crippen LogP contribution in [0.3, 0.4) is 0 Å². The van der Waals surface area contributed by atoms with Crippen molar-refractivity contribution in [1.82, 2.24) is 20.2 Å². The molecule has 7 nitrogen and oxygen atoms in total. The van der Waals surface area contributed by atoms with Crippen molar-refractivity contribution >= 4 is 34.4 Å². The molecule has 1 aromatic heterocycles. The van der Waals surface area contributed by atoms with Crippen LogP contribution in [0.4, 0.5) is 4.79 Å². The molecule has 0 aliphatic carbocycles. The molecule has 0 unspecified atom stereocenters. The van der Waals surface area contributed by atoms with Crippen LogP contribution in [0.1, 0.15) is 19.8 Å². The molecule has 0 saturated heterocycles. The number of rotatable bonds is 5. The third-order valence-electron chi connectivity index (χ3n) is 3.17. The molecule has 3 amide bonds. The molecule has 2 rings (SSSR count). The minimum Gasteiger partial charge on any atom is -0.338 e. The van der Waals surface area contributed by atoms with Gasteiger partial charge in [-0.3, -0.25) is 19.5 Å². The molecule has 0 aliphatic heterocycles. The predicted molar refractivity (Wildman–Crippen MR) is 87.5 cm³/mol. The molecular formula is C15H17ClN4O3. The largest absolute Gasteiger partial charge is 0.338 e. The number of carbonyl (C=O) groups is 2. The van der Waals surface area contributed by atoms with Gasteiger partial charge in [-0.2, -0.15) is 0 Å². The number of amides is 3. The third-order valence-corrected chi connectivity index (χ3v) is 3.40. The molecule has 2 N–H and O–H groups in total. The van der Waals surface area contributed by atoms with E-state index in [1.165, 1.54) is 12.4 Å². The molecule has 0 radical (unpaired) electrons. The van der Waals surface area contributed by atoms with Crippen LogP contribution in [-0.4, -0.2) is 28.0 Å². The smallest absolute Gasteiger partial charge is 0.321 e. The second-order valence-electron chi connectivity index (χ2n) is 5.00. The Morgan fingerprint density at radius 3 is 2.87 bits per heavy atom. The number of nitrogens with zero attached hydrogens (tertiary/aromatic N) is 2. The van der Waals surface area contributed by atoms with Crippen molar-refractivity contribution in [2.75, 3.05) is 6.54 Å². The number of nitrogens with one attached hydrogen (secondary N) is 2.